The first-order chi connectivity index (χ1) is 31.5. The smallest absolute Gasteiger partial charge is 0.305 e. The molecule has 6 nitrogen and oxygen atoms in total. The molecule has 6 heteroatoms. The van der Waals surface area contributed by atoms with Crippen LogP contribution in [-0.2, 0) is 14.3 Å². The lowest BCUT2D eigenvalue weighted by atomic mass is 10.0. The van der Waals surface area contributed by atoms with E-state index in [1.165, 1.54) is 186 Å². The number of unbranched alkanes of at least 4 members (excludes halogenated alkanes) is 36. The second-order valence-electron chi connectivity index (χ2n) is 19.3. The number of hydrogen-bond acceptors (Lipinski definition) is 5. The molecule has 0 aliphatic carbocycles. The Labute approximate surface area is 398 Å². The van der Waals surface area contributed by atoms with Crippen LogP contribution in [0.3, 0.4) is 0 Å². The second kappa shape index (κ2) is 53.7. The van der Waals surface area contributed by atoms with Crippen LogP contribution in [0, 0.1) is 0 Å². The number of rotatable bonds is 52. The zero-order valence-electron chi connectivity index (χ0n) is 42.8. The summed E-state index contributed by atoms with van der Waals surface area (Å²) in [7, 11) is 0. The summed E-state index contributed by atoms with van der Waals surface area (Å²) in [4.78, 5) is 24.5. The van der Waals surface area contributed by atoms with Gasteiger partial charge in [0.05, 0.1) is 25.4 Å². The number of aliphatic hydroxyl groups is 2. The van der Waals surface area contributed by atoms with Crippen LogP contribution in [0.4, 0.5) is 0 Å². The Hall–Kier alpha value is -1.92. The van der Waals surface area contributed by atoms with Crippen molar-refractivity contribution in [2.24, 2.45) is 0 Å². The number of amides is 1. The predicted molar refractivity (Wildman–Crippen MR) is 278 cm³/mol. The van der Waals surface area contributed by atoms with E-state index in [1.807, 2.05) is 0 Å². The highest BCUT2D eigenvalue weighted by atomic mass is 16.5. The van der Waals surface area contributed by atoms with Gasteiger partial charge >= 0.3 is 5.97 Å². The highest BCUT2D eigenvalue weighted by Crippen LogP contribution is 2.17. The van der Waals surface area contributed by atoms with Crippen molar-refractivity contribution in [1.29, 1.82) is 0 Å². The van der Waals surface area contributed by atoms with Gasteiger partial charge in [0.15, 0.2) is 0 Å². The molecule has 64 heavy (non-hydrogen) atoms. The molecule has 2 atom stereocenters. The molecule has 1 amide bonds. The van der Waals surface area contributed by atoms with Gasteiger partial charge in [-0.1, -0.05) is 243 Å². The maximum Gasteiger partial charge on any atom is 0.305 e. The quantitative estimate of drug-likeness (QED) is 0.0245. The first kappa shape index (κ1) is 62.1. The van der Waals surface area contributed by atoms with E-state index in [-0.39, 0.29) is 18.5 Å². The molecular weight excluding hydrogens is 791 g/mol. The molecule has 0 fully saturated rings. The first-order valence-corrected chi connectivity index (χ1v) is 28.3. The Morgan fingerprint density at radius 2 is 0.797 bits per heavy atom. The Kier molecular flexibility index (Phi) is 52.1. The fraction of sp³-hybridized carbons (Fsp3) is 0.862. The first-order valence-electron chi connectivity index (χ1n) is 28.3. The van der Waals surface area contributed by atoms with Gasteiger partial charge < -0.3 is 20.3 Å². The molecule has 0 rings (SSSR count). The molecule has 0 aromatic heterocycles. The van der Waals surface area contributed by atoms with Crippen molar-refractivity contribution in [3.63, 3.8) is 0 Å². The van der Waals surface area contributed by atoms with Gasteiger partial charge in [-0.3, -0.25) is 9.59 Å². The van der Waals surface area contributed by atoms with E-state index in [2.05, 4.69) is 55.6 Å². The largest absolute Gasteiger partial charge is 0.466 e. The van der Waals surface area contributed by atoms with Gasteiger partial charge in [-0.25, -0.2) is 0 Å². The minimum atomic E-state index is -0.680. The number of aliphatic hydroxyl groups excluding tert-OH is 2. The number of carbonyl (C=O) groups is 2. The molecule has 0 saturated carbocycles. The monoisotopic (exact) mass is 900 g/mol. The summed E-state index contributed by atoms with van der Waals surface area (Å²) in [5, 5.41) is 23.3. The molecule has 0 saturated heterocycles. The van der Waals surface area contributed by atoms with Crippen LogP contribution in [-0.4, -0.2) is 47.4 Å². The number of hydrogen-bond donors (Lipinski definition) is 3. The van der Waals surface area contributed by atoms with E-state index in [0.29, 0.717) is 25.9 Å². The van der Waals surface area contributed by atoms with Crippen molar-refractivity contribution in [2.75, 3.05) is 13.2 Å². The summed E-state index contributed by atoms with van der Waals surface area (Å²) >= 11 is 0. The minimum absolute atomic E-state index is 0.0327. The van der Waals surface area contributed by atoms with E-state index in [0.717, 1.165) is 77.0 Å². The Balaban J connectivity index is 3.52. The zero-order chi connectivity index (χ0) is 46.5. The van der Waals surface area contributed by atoms with Crippen LogP contribution in [0.15, 0.2) is 36.5 Å². The summed E-state index contributed by atoms with van der Waals surface area (Å²) in [5.74, 6) is -0.0887. The molecule has 0 aromatic rings. The molecular formula is C58H109NO5. The number of esters is 1. The Morgan fingerprint density at radius 3 is 1.25 bits per heavy atom. The molecule has 0 aliphatic heterocycles. The molecule has 0 spiro atoms. The van der Waals surface area contributed by atoms with Crippen molar-refractivity contribution < 1.29 is 24.5 Å². The number of carbonyl (C=O) groups excluding carboxylic acids is 2. The third-order valence-electron chi connectivity index (χ3n) is 12.9. The summed E-state index contributed by atoms with van der Waals surface area (Å²) < 4.78 is 5.42. The van der Waals surface area contributed by atoms with Crippen LogP contribution >= 0.6 is 0 Å². The predicted octanol–water partition coefficient (Wildman–Crippen LogP) is 17.2. The fourth-order valence-corrected chi connectivity index (χ4v) is 8.55. The SMILES string of the molecule is CCCC/C=C\CCCCCCCC(=O)OCCCCC/C=C\C=C/CCCCCCCCC(=O)NC(CO)C(O)CCCCCCCCCCCCCCCCCCCCCCC. The maximum absolute atomic E-state index is 12.5. The van der Waals surface area contributed by atoms with Gasteiger partial charge in [0, 0.05) is 12.8 Å². The summed E-state index contributed by atoms with van der Waals surface area (Å²) in [5.41, 5.74) is 0. The van der Waals surface area contributed by atoms with Crippen molar-refractivity contribution in [1.82, 2.24) is 5.32 Å². The van der Waals surface area contributed by atoms with Gasteiger partial charge in [0.1, 0.15) is 0 Å². The molecule has 0 aliphatic rings. The van der Waals surface area contributed by atoms with Gasteiger partial charge in [-0.15, -0.1) is 0 Å². The molecule has 3 N–H and O–H groups in total. The Morgan fingerprint density at radius 1 is 0.438 bits per heavy atom. The number of nitrogens with one attached hydrogen (secondary N) is 1. The maximum atomic E-state index is 12.5. The highest BCUT2D eigenvalue weighted by Gasteiger charge is 2.20. The molecule has 0 aromatic carbocycles. The van der Waals surface area contributed by atoms with Crippen LogP contribution in [0.5, 0.6) is 0 Å². The van der Waals surface area contributed by atoms with Crippen molar-refractivity contribution in [3.05, 3.63) is 36.5 Å². The third-order valence-corrected chi connectivity index (χ3v) is 12.9. The van der Waals surface area contributed by atoms with E-state index in [9.17, 15) is 19.8 Å². The molecule has 376 valence electrons. The number of ether oxygens (including phenoxy) is 1. The average molecular weight is 901 g/mol. The fourth-order valence-electron chi connectivity index (χ4n) is 8.55. The summed E-state index contributed by atoms with van der Waals surface area (Å²) in [6.07, 6.45) is 65.6. The van der Waals surface area contributed by atoms with Crippen LogP contribution < -0.4 is 5.32 Å². The minimum Gasteiger partial charge on any atom is -0.466 e. The Bertz CT molecular complexity index is 1040. The second-order valence-corrected chi connectivity index (χ2v) is 19.3. The van der Waals surface area contributed by atoms with Gasteiger partial charge in [0.25, 0.3) is 0 Å². The van der Waals surface area contributed by atoms with Crippen LogP contribution in [0.1, 0.15) is 296 Å². The lowest BCUT2D eigenvalue weighted by molar-refractivity contribution is -0.143. The van der Waals surface area contributed by atoms with Crippen LogP contribution in [0.25, 0.3) is 0 Å². The van der Waals surface area contributed by atoms with E-state index >= 15 is 0 Å². The standard InChI is InChI=1S/C58H109NO5/c1-3-5-7-9-11-13-15-16-17-18-19-20-21-22-24-27-31-34-38-42-46-50-56(61)55(54-60)59-57(62)51-47-43-39-35-32-28-25-23-26-29-33-37-41-45-49-53-64-58(63)52-48-44-40-36-30-14-12-10-8-6-4-2/h10,12,23,26,29,33,55-56,60-61H,3-9,11,13-22,24-25,27-28,30-32,34-54H2,1-2H3,(H,59,62)/b12-10-,26-23-,33-29-. The average Bonchev–Trinajstić information content (AvgIpc) is 3.29. The lowest BCUT2D eigenvalue weighted by Crippen LogP contribution is -2.45. The molecule has 0 radical (unpaired) electrons. The zero-order valence-corrected chi connectivity index (χ0v) is 42.8. The molecule has 2 unspecified atom stereocenters. The van der Waals surface area contributed by atoms with Gasteiger partial charge in [-0.2, -0.15) is 0 Å². The molecule has 0 bridgehead atoms. The van der Waals surface area contributed by atoms with Crippen LogP contribution in [0.2, 0.25) is 0 Å². The summed E-state index contributed by atoms with van der Waals surface area (Å²) in [6.45, 7) is 4.86. The number of allylic oxidation sites excluding steroid dienone is 6. The molecule has 0 heterocycles. The highest BCUT2D eigenvalue weighted by molar-refractivity contribution is 5.76. The van der Waals surface area contributed by atoms with Crippen molar-refractivity contribution in [3.8, 4) is 0 Å². The van der Waals surface area contributed by atoms with Crippen molar-refractivity contribution in [2.45, 2.75) is 309 Å². The van der Waals surface area contributed by atoms with E-state index < -0.39 is 12.1 Å². The lowest BCUT2D eigenvalue weighted by Gasteiger charge is -2.22. The third kappa shape index (κ3) is 49.5. The topological polar surface area (TPSA) is 95.9 Å². The van der Waals surface area contributed by atoms with Gasteiger partial charge in [0.2, 0.25) is 5.91 Å². The normalized spacial score (nSPS) is 12.9. The van der Waals surface area contributed by atoms with Gasteiger partial charge in [-0.05, 0) is 77.0 Å². The van der Waals surface area contributed by atoms with E-state index in [1.54, 1.807) is 0 Å². The van der Waals surface area contributed by atoms with Crippen molar-refractivity contribution >= 4 is 11.9 Å². The van der Waals surface area contributed by atoms with E-state index in [4.69, 9.17) is 4.74 Å². The summed E-state index contributed by atoms with van der Waals surface area (Å²) in [6, 6.07) is -0.559.